The molecule has 0 heterocycles. The number of fused-ring (bicyclic) bond motifs is 3. The van der Waals surface area contributed by atoms with Crippen molar-refractivity contribution in [3.05, 3.63) is 24.3 Å². The zero-order valence-corrected chi connectivity index (χ0v) is 14.6. The Balaban J connectivity index is 2.12. The first kappa shape index (κ1) is 16.9. The van der Waals surface area contributed by atoms with Crippen molar-refractivity contribution in [3.63, 3.8) is 0 Å². The molecule has 128 valence electrons. The highest BCUT2D eigenvalue weighted by molar-refractivity contribution is 6.02. The number of ketones is 1. The lowest BCUT2D eigenvalue weighted by Crippen LogP contribution is -2.59. The van der Waals surface area contributed by atoms with Crippen LogP contribution in [0, 0.1) is 28.1 Å². The number of Topliss-reactive ketones (excluding diaryl/α,β-unsaturated/α-hetero) is 1. The van der Waals surface area contributed by atoms with Crippen LogP contribution in [-0.4, -0.2) is 28.7 Å². The van der Waals surface area contributed by atoms with E-state index in [9.17, 15) is 15.0 Å². The van der Waals surface area contributed by atoms with Crippen LogP contribution in [0.4, 0.5) is 0 Å². The molecule has 3 aliphatic carbocycles. The zero-order chi connectivity index (χ0) is 17.0. The summed E-state index contributed by atoms with van der Waals surface area (Å²) >= 11 is 0. The average Bonchev–Trinajstić information content (AvgIpc) is 2.50. The molecule has 3 nitrogen and oxygen atoms in total. The van der Waals surface area contributed by atoms with Gasteiger partial charge in [0, 0.05) is 23.4 Å². The molecule has 0 spiro atoms. The first-order valence-corrected chi connectivity index (χ1v) is 8.91. The standard InChI is InChI=1S/C20H30O3/c1-5-19(4)10-7-14-13(17(19)23)11-15(22)16-18(2,3)8-6-9-20(14,16)12-21/h5,11,14-16,21-22H,1,6-10,12H2,2-4H3. The van der Waals surface area contributed by atoms with Gasteiger partial charge in [-0.1, -0.05) is 26.3 Å². The number of carbonyl (C=O) groups excluding carboxylic acids is 1. The van der Waals surface area contributed by atoms with E-state index < -0.39 is 11.5 Å². The molecule has 0 aromatic rings. The molecule has 2 saturated carbocycles. The Bertz CT molecular complexity index is 561. The Morgan fingerprint density at radius 3 is 2.61 bits per heavy atom. The average molecular weight is 318 g/mol. The second-order valence-corrected chi connectivity index (χ2v) is 8.87. The second-order valence-electron chi connectivity index (χ2n) is 8.87. The van der Waals surface area contributed by atoms with Crippen molar-refractivity contribution in [1.29, 1.82) is 0 Å². The molecule has 2 fully saturated rings. The van der Waals surface area contributed by atoms with E-state index in [-0.39, 0.29) is 35.1 Å². The van der Waals surface area contributed by atoms with Gasteiger partial charge in [-0.05, 0) is 55.6 Å². The molecule has 2 N–H and O–H groups in total. The van der Waals surface area contributed by atoms with Gasteiger partial charge < -0.3 is 10.2 Å². The molecule has 3 rings (SSSR count). The predicted octanol–water partition coefficient (Wildman–Crippen LogP) is 3.26. The van der Waals surface area contributed by atoms with Crippen LogP contribution >= 0.6 is 0 Å². The summed E-state index contributed by atoms with van der Waals surface area (Å²) in [5.41, 5.74) is -0.168. The van der Waals surface area contributed by atoms with Crippen molar-refractivity contribution < 1.29 is 15.0 Å². The first-order chi connectivity index (χ1) is 10.7. The summed E-state index contributed by atoms with van der Waals surface area (Å²) in [6, 6.07) is 0. The van der Waals surface area contributed by atoms with Crippen LogP contribution in [0.3, 0.4) is 0 Å². The molecule has 0 saturated heterocycles. The van der Waals surface area contributed by atoms with Gasteiger partial charge in [-0.25, -0.2) is 0 Å². The van der Waals surface area contributed by atoms with E-state index in [1.54, 1.807) is 12.2 Å². The highest BCUT2D eigenvalue weighted by Crippen LogP contribution is 2.62. The SMILES string of the molecule is C=CC1(C)CCC2C(=CC(O)C3C(C)(C)CCCC23CO)C1=O. The summed E-state index contributed by atoms with van der Waals surface area (Å²) in [7, 11) is 0. The first-order valence-electron chi connectivity index (χ1n) is 8.91. The molecule has 3 aliphatic rings. The van der Waals surface area contributed by atoms with Crippen LogP contribution in [0.15, 0.2) is 24.3 Å². The number of aliphatic hydroxyl groups is 2. The van der Waals surface area contributed by atoms with Crippen molar-refractivity contribution in [1.82, 2.24) is 0 Å². The molecule has 0 aromatic heterocycles. The lowest BCUT2D eigenvalue weighted by Gasteiger charge is -2.60. The van der Waals surface area contributed by atoms with E-state index in [1.165, 1.54) is 0 Å². The smallest absolute Gasteiger partial charge is 0.168 e. The Morgan fingerprint density at radius 1 is 1.30 bits per heavy atom. The molecule has 23 heavy (non-hydrogen) atoms. The maximum absolute atomic E-state index is 13.0. The van der Waals surface area contributed by atoms with Crippen molar-refractivity contribution in [3.8, 4) is 0 Å². The van der Waals surface area contributed by atoms with Crippen molar-refractivity contribution in [2.75, 3.05) is 6.61 Å². The number of rotatable bonds is 2. The van der Waals surface area contributed by atoms with Crippen molar-refractivity contribution in [2.45, 2.75) is 59.0 Å². The van der Waals surface area contributed by atoms with Crippen LogP contribution in [0.1, 0.15) is 52.9 Å². The molecule has 0 amide bonds. The third-order valence-electron chi connectivity index (χ3n) is 7.16. The Labute approximate surface area is 139 Å². The fourth-order valence-corrected chi connectivity index (χ4v) is 5.91. The monoisotopic (exact) mass is 318 g/mol. The number of carbonyl (C=O) groups is 1. The molecule has 3 heteroatoms. The summed E-state index contributed by atoms with van der Waals surface area (Å²) in [6.07, 6.45) is 7.58. The highest BCUT2D eigenvalue weighted by atomic mass is 16.3. The third kappa shape index (κ3) is 2.20. The zero-order valence-electron chi connectivity index (χ0n) is 14.6. The van der Waals surface area contributed by atoms with Gasteiger partial charge in [0.05, 0.1) is 6.10 Å². The van der Waals surface area contributed by atoms with E-state index in [2.05, 4.69) is 20.4 Å². The number of hydrogen-bond donors (Lipinski definition) is 2. The van der Waals surface area contributed by atoms with Gasteiger partial charge in [-0.15, -0.1) is 6.58 Å². The van der Waals surface area contributed by atoms with E-state index in [0.29, 0.717) is 0 Å². The van der Waals surface area contributed by atoms with Gasteiger partial charge in [0.2, 0.25) is 0 Å². The molecular formula is C20H30O3. The maximum atomic E-state index is 13.0. The number of aliphatic hydroxyl groups excluding tert-OH is 2. The molecule has 0 aromatic carbocycles. The highest BCUT2D eigenvalue weighted by Gasteiger charge is 2.60. The van der Waals surface area contributed by atoms with Crippen molar-refractivity contribution in [2.24, 2.45) is 28.1 Å². The van der Waals surface area contributed by atoms with Gasteiger partial charge in [0.15, 0.2) is 5.78 Å². The largest absolute Gasteiger partial charge is 0.396 e. The van der Waals surface area contributed by atoms with Gasteiger partial charge in [0.1, 0.15) is 0 Å². The van der Waals surface area contributed by atoms with E-state index in [4.69, 9.17) is 0 Å². The molecular weight excluding hydrogens is 288 g/mol. The lowest BCUT2D eigenvalue weighted by atomic mass is 9.44. The lowest BCUT2D eigenvalue weighted by molar-refractivity contribution is -0.146. The quantitative estimate of drug-likeness (QED) is 0.768. The fourth-order valence-electron chi connectivity index (χ4n) is 5.91. The molecule has 0 bridgehead atoms. The predicted molar refractivity (Wildman–Crippen MR) is 90.8 cm³/mol. The van der Waals surface area contributed by atoms with Gasteiger partial charge >= 0.3 is 0 Å². The summed E-state index contributed by atoms with van der Waals surface area (Å²) in [5.74, 6) is 0.182. The van der Waals surface area contributed by atoms with Gasteiger partial charge in [0.25, 0.3) is 0 Å². The van der Waals surface area contributed by atoms with Crippen LogP contribution in [-0.2, 0) is 4.79 Å². The Morgan fingerprint density at radius 2 is 2.00 bits per heavy atom. The minimum atomic E-state index is -0.653. The summed E-state index contributed by atoms with van der Waals surface area (Å²) < 4.78 is 0. The van der Waals surface area contributed by atoms with Crippen LogP contribution in [0.5, 0.6) is 0 Å². The van der Waals surface area contributed by atoms with E-state index in [1.807, 2.05) is 6.92 Å². The Kier molecular flexibility index (Phi) is 3.89. The van der Waals surface area contributed by atoms with Gasteiger partial charge in [-0.3, -0.25) is 4.79 Å². The summed E-state index contributed by atoms with van der Waals surface area (Å²) in [5, 5.41) is 21.2. The topological polar surface area (TPSA) is 57.5 Å². The molecule has 5 atom stereocenters. The fraction of sp³-hybridized carbons (Fsp3) is 0.750. The minimum absolute atomic E-state index is 0.0170. The molecule has 5 unspecified atom stereocenters. The minimum Gasteiger partial charge on any atom is -0.396 e. The number of allylic oxidation sites excluding steroid dienone is 2. The molecule has 0 aliphatic heterocycles. The van der Waals surface area contributed by atoms with E-state index in [0.717, 1.165) is 37.7 Å². The van der Waals surface area contributed by atoms with Crippen molar-refractivity contribution >= 4 is 5.78 Å². The summed E-state index contributed by atoms with van der Waals surface area (Å²) in [6.45, 7) is 10.2. The number of hydrogen-bond acceptors (Lipinski definition) is 3. The van der Waals surface area contributed by atoms with Crippen LogP contribution in [0.2, 0.25) is 0 Å². The second kappa shape index (κ2) is 5.29. The van der Waals surface area contributed by atoms with Crippen LogP contribution in [0.25, 0.3) is 0 Å². The van der Waals surface area contributed by atoms with E-state index >= 15 is 0 Å². The third-order valence-corrected chi connectivity index (χ3v) is 7.16. The Hall–Kier alpha value is -0.930. The normalized spacial score (nSPS) is 45.7. The maximum Gasteiger partial charge on any atom is 0.168 e. The molecule has 0 radical (unpaired) electrons. The van der Waals surface area contributed by atoms with Crippen LogP contribution < -0.4 is 0 Å². The summed E-state index contributed by atoms with van der Waals surface area (Å²) in [4.78, 5) is 13.0. The van der Waals surface area contributed by atoms with Gasteiger partial charge in [-0.2, -0.15) is 0 Å².